The van der Waals surface area contributed by atoms with E-state index < -0.39 is 0 Å². The SMILES string of the molecule is O=C(Nc1ccc(Cl)c(Cl)c1)NC1CCCCCCCCCCC1. The standard InChI is InChI=1S/C19H28Cl2N2O/c20-17-13-12-16(14-18(17)21)23-19(24)22-15-10-8-6-4-2-1-3-5-7-9-11-15/h12-15H,1-11H2,(H2,22,23,24). The maximum atomic E-state index is 12.3. The van der Waals surface area contributed by atoms with Crippen molar-refractivity contribution in [3.63, 3.8) is 0 Å². The Morgan fingerprint density at radius 1 is 0.833 bits per heavy atom. The Morgan fingerprint density at radius 2 is 1.38 bits per heavy atom. The summed E-state index contributed by atoms with van der Waals surface area (Å²) in [6.45, 7) is 0. The van der Waals surface area contributed by atoms with Crippen molar-refractivity contribution in [2.75, 3.05) is 5.32 Å². The molecule has 3 nitrogen and oxygen atoms in total. The van der Waals surface area contributed by atoms with Gasteiger partial charge in [0, 0.05) is 11.7 Å². The number of hydrogen-bond donors (Lipinski definition) is 2. The topological polar surface area (TPSA) is 41.1 Å². The summed E-state index contributed by atoms with van der Waals surface area (Å²) in [6.07, 6.45) is 13.8. The van der Waals surface area contributed by atoms with Crippen molar-refractivity contribution in [2.45, 2.75) is 76.7 Å². The average molecular weight is 371 g/mol. The molecule has 1 aromatic carbocycles. The molecule has 1 aliphatic rings. The molecular weight excluding hydrogens is 343 g/mol. The number of amides is 2. The summed E-state index contributed by atoms with van der Waals surface area (Å²) in [5, 5.41) is 6.91. The van der Waals surface area contributed by atoms with Crippen LogP contribution in [0.3, 0.4) is 0 Å². The van der Waals surface area contributed by atoms with Crippen molar-refractivity contribution in [2.24, 2.45) is 0 Å². The summed E-state index contributed by atoms with van der Waals surface area (Å²) in [7, 11) is 0. The van der Waals surface area contributed by atoms with Crippen LogP contribution in [0.25, 0.3) is 0 Å². The number of carbonyl (C=O) groups is 1. The molecule has 1 aromatic rings. The highest BCUT2D eigenvalue weighted by molar-refractivity contribution is 6.42. The van der Waals surface area contributed by atoms with Gasteiger partial charge in [-0.2, -0.15) is 0 Å². The van der Waals surface area contributed by atoms with Crippen molar-refractivity contribution in [3.8, 4) is 0 Å². The number of rotatable bonds is 2. The molecular formula is C19H28Cl2N2O. The van der Waals surface area contributed by atoms with Gasteiger partial charge in [-0.15, -0.1) is 0 Å². The minimum absolute atomic E-state index is 0.162. The van der Waals surface area contributed by atoms with Crippen LogP contribution in [-0.4, -0.2) is 12.1 Å². The van der Waals surface area contributed by atoms with Gasteiger partial charge in [-0.1, -0.05) is 81.0 Å². The predicted octanol–water partition coefficient (Wildman–Crippen LogP) is 6.79. The smallest absolute Gasteiger partial charge is 0.319 e. The summed E-state index contributed by atoms with van der Waals surface area (Å²) < 4.78 is 0. The van der Waals surface area contributed by atoms with Crippen LogP contribution in [0.2, 0.25) is 10.0 Å². The second-order valence-corrected chi connectivity index (χ2v) is 7.50. The first-order valence-corrected chi connectivity index (χ1v) is 9.93. The Morgan fingerprint density at radius 3 is 1.92 bits per heavy atom. The lowest BCUT2D eigenvalue weighted by Gasteiger charge is -2.20. The van der Waals surface area contributed by atoms with Gasteiger partial charge in [-0.05, 0) is 31.0 Å². The quantitative estimate of drug-likeness (QED) is 0.590. The van der Waals surface area contributed by atoms with Crippen LogP contribution in [0.1, 0.15) is 70.6 Å². The van der Waals surface area contributed by atoms with Crippen LogP contribution in [0.4, 0.5) is 10.5 Å². The van der Waals surface area contributed by atoms with Crippen molar-refractivity contribution in [3.05, 3.63) is 28.2 Å². The molecule has 0 atom stereocenters. The van der Waals surface area contributed by atoms with E-state index in [-0.39, 0.29) is 12.1 Å². The van der Waals surface area contributed by atoms with Crippen LogP contribution in [0.15, 0.2) is 18.2 Å². The van der Waals surface area contributed by atoms with E-state index in [1.165, 1.54) is 57.8 Å². The molecule has 24 heavy (non-hydrogen) atoms. The zero-order valence-corrected chi connectivity index (χ0v) is 15.8. The summed E-state index contributed by atoms with van der Waals surface area (Å²) in [5.74, 6) is 0. The lowest BCUT2D eigenvalue weighted by molar-refractivity contribution is 0.246. The molecule has 2 rings (SSSR count). The second-order valence-electron chi connectivity index (χ2n) is 6.68. The summed E-state index contributed by atoms with van der Waals surface area (Å²) in [4.78, 5) is 12.3. The third kappa shape index (κ3) is 7.31. The predicted molar refractivity (Wildman–Crippen MR) is 103 cm³/mol. The minimum atomic E-state index is -0.162. The number of anilines is 1. The van der Waals surface area contributed by atoms with E-state index >= 15 is 0 Å². The normalized spacial score (nSPS) is 18.2. The second kappa shape index (κ2) is 10.8. The van der Waals surface area contributed by atoms with Gasteiger partial charge in [0.05, 0.1) is 10.0 Å². The number of halogens is 2. The van der Waals surface area contributed by atoms with E-state index in [2.05, 4.69) is 10.6 Å². The highest BCUT2D eigenvalue weighted by atomic mass is 35.5. The van der Waals surface area contributed by atoms with Crippen molar-refractivity contribution in [1.82, 2.24) is 5.32 Å². The largest absolute Gasteiger partial charge is 0.335 e. The number of hydrogen-bond acceptors (Lipinski definition) is 1. The maximum absolute atomic E-state index is 12.3. The van der Waals surface area contributed by atoms with Crippen molar-refractivity contribution in [1.29, 1.82) is 0 Å². The number of benzene rings is 1. The fourth-order valence-corrected chi connectivity index (χ4v) is 3.53. The first kappa shape index (κ1) is 19.4. The van der Waals surface area contributed by atoms with Gasteiger partial charge < -0.3 is 10.6 Å². The molecule has 0 bridgehead atoms. The highest BCUT2D eigenvalue weighted by Crippen LogP contribution is 2.25. The Labute approximate surface area is 155 Å². The molecule has 134 valence electrons. The van der Waals surface area contributed by atoms with Crippen LogP contribution in [0.5, 0.6) is 0 Å². The van der Waals surface area contributed by atoms with E-state index in [0.29, 0.717) is 15.7 Å². The molecule has 0 unspecified atom stereocenters. The van der Waals surface area contributed by atoms with Crippen molar-refractivity contribution >= 4 is 34.9 Å². The molecule has 1 saturated carbocycles. The van der Waals surface area contributed by atoms with E-state index in [0.717, 1.165) is 12.8 Å². The van der Waals surface area contributed by atoms with Gasteiger partial charge in [0.1, 0.15) is 0 Å². The maximum Gasteiger partial charge on any atom is 0.319 e. The van der Waals surface area contributed by atoms with Gasteiger partial charge in [-0.25, -0.2) is 4.79 Å². The van der Waals surface area contributed by atoms with E-state index in [1.54, 1.807) is 18.2 Å². The number of urea groups is 1. The van der Waals surface area contributed by atoms with Crippen LogP contribution in [-0.2, 0) is 0 Å². The Bertz CT molecular complexity index is 510. The monoisotopic (exact) mass is 370 g/mol. The summed E-state index contributed by atoms with van der Waals surface area (Å²) >= 11 is 11.9. The summed E-state index contributed by atoms with van der Waals surface area (Å²) in [6, 6.07) is 5.21. The van der Waals surface area contributed by atoms with Crippen LogP contribution < -0.4 is 10.6 Å². The minimum Gasteiger partial charge on any atom is -0.335 e. The van der Waals surface area contributed by atoms with E-state index in [9.17, 15) is 4.79 Å². The molecule has 2 amide bonds. The molecule has 1 fully saturated rings. The zero-order valence-electron chi connectivity index (χ0n) is 14.3. The Kier molecular flexibility index (Phi) is 8.76. The molecule has 5 heteroatoms. The van der Waals surface area contributed by atoms with Gasteiger partial charge in [-0.3, -0.25) is 0 Å². The molecule has 2 N–H and O–H groups in total. The molecule has 0 radical (unpaired) electrons. The fraction of sp³-hybridized carbons (Fsp3) is 0.632. The lowest BCUT2D eigenvalue weighted by atomic mass is 9.98. The van der Waals surface area contributed by atoms with Gasteiger partial charge >= 0.3 is 6.03 Å². The average Bonchev–Trinajstić information content (AvgIpc) is 2.53. The van der Waals surface area contributed by atoms with Gasteiger partial charge in [0.25, 0.3) is 0 Å². The number of nitrogens with one attached hydrogen (secondary N) is 2. The molecule has 1 aliphatic carbocycles. The third-order valence-corrected chi connectivity index (χ3v) is 5.36. The third-order valence-electron chi connectivity index (χ3n) is 4.62. The summed E-state index contributed by atoms with van der Waals surface area (Å²) in [5.41, 5.74) is 0.662. The molecule has 0 aliphatic heterocycles. The van der Waals surface area contributed by atoms with Crippen molar-refractivity contribution < 1.29 is 4.79 Å². The Hall–Kier alpha value is -0.930. The molecule has 0 heterocycles. The van der Waals surface area contributed by atoms with Gasteiger partial charge in [0.2, 0.25) is 0 Å². The van der Waals surface area contributed by atoms with Crippen LogP contribution in [0, 0.1) is 0 Å². The molecule has 0 aromatic heterocycles. The van der Waals surface area contributed by atoms with E-state index in [1.807, 2.05) is 0 Å². The lowest BCUT2D eigenvalue weighted by Crippen LogP contribution is -2.38. The highest BCUT2D eigenvalue weighted by Gasteiger charge is 2.13. The van der Waals surface area contributed by atoms with E-state index in [4.69, 9.17) is 23.2 Å². The first-order chi connectivity index (χ1) is 11.6. The number of carbonyl (C=O) groups excluding carboxylic acids is 1. The van der Waals surface area contributed by atoms with Gasteiger partial charge in [0.15, 0.2) is 0 Å². The zero-order chi connectivity index (χ0) is 17.2. The first-order valence-electron chi connectivity index (χ1n) is 9.18. The molecule has 0 saturated heterocycles. The van der Waals surface area contributed by atoms with Crippen LogP contribution >= 0.6 is 23.2 Å². The Balaban J connectivity index is 1.83. The fourth-order valence-electron chi connectivity index (χ4n) is 3.23. The molecule has 0 spiro atoms.